The Morgan fingerprint density at radius 2 is 1.95 bits per heavy atom. The van der Waals surface area contributed by atoms with Crippen LogP contribution in [0.15, 0.2) is 39.8 Å². The molecule has 1 aromatic carbocycles. The molecule has 8 heteroatoms. The van der Waals surface area contributed by atoms with Crippen LogP contribution in [0.1, 0.15) is 18.5 Å². The van der Waals surface area contributed by atoms with E-state index < -0.39 is 10.0 Å². The van der Waals surface area contributed by atoms with Gasteiger partial charge in [-0.1, -0.05) is 28.1 Å². The molecular formula is C12H15BrN4O2S. The fourth-order valence-corrected chi connectivity index (χ4v) is 3.41. The van der Waals surface area contributed by atoms with E-state index in [-0.39, 0.29) is 16.8 Å². The molecule has 1 atom stereocenters. The summed E-state index contributed by atoms with van der Waals surface area (Å²) in [5.41, 5.74) is 6.46. The van der Waals surface area contributed by atoms with Crippen LogP contribution in [0, 0.1) is 0 Å². The number of aryl methyl sites for hydroxylation is 1. The summed E-state index contributed by atoms with van der Waals surface area (Å²) in [7, 11) is -2.08. The number of benzene rings is 1. The van der Waals surface area contributed by atoms with Gasteiger partial charge in [-0.3, -0.25) is 4.68 Å². The zero-order valence-corrected chi connectivity index (χ0v) is 13.4. The highest BCUT2D eigenvalue weighted by molar-refractivity contribution is 9.10. The fourth-order valence-electron chi connectivity index (χ4n) is 1.81. The summed E-state index contributed by atoms with van der Waals surface area (Å²) in [5, 5.41) is 3.84. The predicted octanol–water partition coefficient (Wildman–Crippen LogP) is 1.80. The maximum atomic E-state index is 12.3. The largest absolute Gasteiger partial charge is 0.381 e. The number of nitrogens with zero attached hydrogens (tertiary/aromatic N) is 2. The van der Waals surface area contributed by atoms with Crippen molar-refractivity contribution in [3.8, 4) is 0 Å². The number of aromatic nitrogens is 2. The van der Waals surface area contributed by atoms with E-state index in [1.54, 1.807) is 14.0 Å². The van der Waals surface area contributed by atoms with E-state index >= 15 is 0 Å². The van der Waals surface area contributed by atoms with Gasteiger partial charge >= 0.3 is 0 Å². The standard InChI is InChI=1S/C12H15BrN4O2S/c1-8(9-3-5-10(13)6-4-9)16-20(18,19)11-7-17(2)15-12(11)14/h3-8,16H,1-2H3,(H2,14,15). The Morgan fingerprint density at radius 1 is 1.35 bits per heavy atom. The smallest absolute Gasteiger partial charge is 0.246 e. The Balaban J connectivity index is 2.24. The maximum absolute atomic E-state index is 12.3. The molecule has 2 aromatic rings. The highest BCUT2D eigenvalue weighted by Crippen LogP contribution is 2.21. The molecule has 3 N–H and O–H groups in total. The molecule has 1 unspecified atom stereocenters. The molecular weight excluding hydrogens is 344 g/mol. The van der Waals surface area contributed by atoms with Gasteiger partial charge in [0.2, 0.25) is 10.0 Å². The quantitative estimate of drug-likeness (QED) is 0.871. The lowest BCUT2D eigenvalue weighted by molar-refractivity contribution is 0.567. The number of hydrogen-bond donors (Lipinski definition) is 2. The van der Waals surface area contributed by atoms with Gasteiger partial charge < -0.3 is 5.73 Å². The minimum atomic E-state index is -3.70. The van der Waals surface area contributed by atoms with E-state index in [4.69, 9.17) is 5.73 Å². The summed E-state index contributed by atoms with van der Waals surface area (Å²) in [6.07, 6.45) is 1.38. The average molecular weight is 359 g/mol. The summed E-state index contributed by atoms with van der Waals surface area (Å²) in [6.45, 7) is 1.77. The predicted molar refractivity (Wildman–Crippen MR) is 80.5 cm³/mol. The summed E-state index contributed by atoms with van der Waals surface area (Å²) in [6, 6.07) is 7.05. The number of nitrogen functional groups attached to an aromatic ring is 1. The highest BCUT2D eigenvalue weighted by atomic mass is 79.9. The third-order valence-corrected chi connectivity index (χ3v) is 4.90. The lowest BCUT2D eigenvalue weighted by Crippen LogP contribution is -2.27. The number of rotatable bonds is 4. The van der Waals surface area contributed by atoms with E-state index in [2.05, 4.69) is 25.8 Å². The van der Waals surface area contributed by atoms with Gasteiger partial charge in [-0.15, -0.1) is 0 Å². The third kappa shape index (κ3) is 3.20. The molecule has 0 aliphatic carbocycles. The van der Waals surface area contributed by atoms with Crippen molar-refractivity contribution in [2.75, 3.05) is 5.73 Å². The molecule has 0 amide bonds. The minimum Gasteiger partial charge on any atom is -0.381 e. The summed E-state index contributed by atoms with van der Waals surface area (Å²) < 4.78 is 29.4. The zero-order chi connectivity index (χ0) is 14.9. The normalized spacial score (nSPS) is 13.3. The first kappa shape index (κ1) is 15.0. The van der Waals surface area contributed by atoms with E-state index in [1.807, 2.05) is 24.3 Å². The van der Waals surface area contributed by atoms with Gasteiger partial charge in [-0.25, -0.2) is 13.1 Å². The third-order valence-electron chi connectivity index (χ3n) is 2.81. The molecule has 1 heterocycles. The monoisotopic (exact) mass is 358 g/mol. The van der Waals surface area contributed by atoms with Gasteiger partial charge in [0, 0.05) is 23.8 Å². The molecule has 0 aliphatic rings. The number of anilines is 1. The van der Waals surface area contributed by atoms with Crippen LogP contribution in [-0.2, 0) is 17.1 Å². The van der Waals surface area contributed by atoms with Crippen molar-refractivity contribution in [2.24, 2.45) is 7.05 Å². The van der Waals surface area contributed by atoms with Crippen molar-refractivity contribution >= 4 is 31.8 Å². The molecule has 108 valence electrons. The number of sulfonamides is 1. The van der Waals surface area contributed by atoms with E-state index in [9.17, 15) is 8.42 Å². The van der Waals surface area contributed by atoms with Crippen LogP contribution in [0.3, 0.4) is 0 Å². The van der Waals surface area contributed by atoms with Crippen LogP contribution >= 0.6 is 15.9 Å². The van der Waals surface area contributed by atoms with Gasteiger partial charge in [-0.05, 0) is 24.6 Å². The molecule has 0 aliphatic heterocycles. The Morgan fingerprint density at radius 3 is 2.45 bits per heavy atom. The van der Waals surface area contributed by atoms with Crippen LogP contribution in [-0.4, -0.2) is 18.2 Å². The van der Waals surface area contributed by atoms with Gasteiger partial charge in [0.1, 0.15) is 4.90 Å². The first-order chi connectivity index (χ1) is 9.29. The number of hydrogen-bond acceptors (Lipinski definition) is 4. The van der Waals surface area contributed by atoms with Crippen molar-refractivity contribution in [3.63, 3.8) is 0 Å². The molecule has 2 rings (SSSR count). The first-order valence-electron chi connectivity index (χ1n) is 5.86. The van der Waals surface area contributed by atoms with Crippen LogP contribution in [0.2, 0.25) is 0 Å². The maximum Gasteiger partial charge on any atom is 0.246 e. The van der Waals surface area contributed by atoms with Crippen LogP contribution in [0.5, 0.6) is 0 Å². The molecule has 0 radical (unpaired) electrons. The van der Waals surface area contributed by atoms with Crippen LogP contribution in [0.4, 0.5) is 5.82 Å². The lowest BCUT2D eigenvalue weighted by atomic mass is 10.1. The zero-order valence-electron chi connectivity index (χ0n) is 11.0. The summed E-state index contributed by atoms with van der Waals surface area (Å²) >= 11 is 3.34. The van der Waals surface area contributed by atoms with Gasteiger partial charge in [0.25, 0.3) is 0 Å². The van der Waals surface area contributed by atoms with Gasteiger partial charge in [0.15, 0.2) is 5.82 Å². The highest BCUT2D eigenvalue weighted by Gasteiger charge is 2.23. The van der Waals surface area contributed by atoms with E-state index in [0.29, 0.717) is 0 Å². The Bertz CT molecular complexity index is 710. The Hall–Kier alpha value is -1.38. The molecule has 0 spiro atoms. The lowest BCUT2D eigenvalue weighted by Gasteiger charge is -2.14. The topological polar surface area (TPSA) is 90.0 Å². The number of nitrogens with two attached hydrogens (primary N) is 1. The van der Waals surface area contributed by atoms with Crippen molar-refractivity contribution in [2.45, 2.75) is 17.9 Å². The minimum absolute atomic E-state index is 0.0102. The van der Waals surface area contributed by atoms with Crippen LogP contribution in [0.25, 0.3) is 0 Å². The van der Waals surface area contributed by atoms with Crippen molar-refractivity contribution in [1.82, 2.24) is 14.5 Å². The molecule has 0 fully saturated rings. The summed E-state index contributed by atoms with van der Waals surface area (Å²) in [4.78, 5) is -0.0102. The number of halogens is 1. The van der Waals surface area contributed by atoms with Crippen molar-refractivity contribution in [3.05, 3.63) is 40.5 Å². The average Bonchev–Trinajstić information content (AvgIpc) is 2.69. The Kier molecular flexibility index (Phi) is 4.17. The first-order valence-corrected chi connectivity index (χ1v) is 8.14. The number of nitrogens with one attached hydrogen (secondary N) is 1. The van der Waals surface area contributed by atoms with Crippen molar-refractivity contribution in [1.29, 1.82) is 0 Å². The molecule has 0 saturated heterocycles. The van der Waals surface area contributed by atoms with E-state index in [1.165, 1.54) is 10.9 Å². The molecule has 0 bridgehead atoms. The van der Waals surface area contributed by atoms with Crippen molar-refractivity contribution < 1.29 is 8.42 Å². The van der Waals surface area contributed by atoms with E-state index in [0.717, 1.165) is 10.0 Å². The fraction of sp³-hybridized carbons (Fsp3) is 0.250. The second kappa shape index (κ2) is 5.55. The molecule has 1 aromatic heterocycles. The van der Waals surface area contributed by atoms with Gasteiger partial charge in [0.05, 0.1) is 0 Å². The second-order valence-corrected chi connectivity index (χ2v) is 7.04. The summed E-state index contributed by atoms with van der Waals surface area (Å²) in [5.74, 6) is -0.0111. The molecule has 20 heavy (non-hydrogen) atoms. The molecule has 0 saturated carbocycles. The SMILES string of the molecule is CC(NS(=O)(=O)c1cn(C)nc1N)c1ccc(Br)cc1. The molecule has 6 nitrogen and oxygen atoms in total. The Labute approximate surface area is 126 Å². The van der Waals surface area contributed by atoms with Gasteiger partial charge in [-0.2, -0.15) is 5.10 Å². The van der Waals surface area contributed by atoms with Crippen LogP contribution < -0.4 is 10.5 Å². The second-order valence-electron chi connectivity index (χ2n) is 4.45.